The molecule has 43 heavy (non-hydrogen) atoms. The summed E-state index contributed by atoms with van der Waals surface area (Å²) in [5.41, 5.74) is 3.75. The van der Waals surface area contributed by atoms with Crippen LogP contribution in [0.1, 0.15) is 58.8 Å². The number of carbonyl (C=O) groups excluding carboxylic acids is 2. The van der Waals surface area contributed by atoms with Crippen molar-refractivity contribution in [3.63, 3.8) is 0 Å². The van der Waals surface area contributed by atoms with Gasteiger partial charge in [-0.05, 0) is 79.3 Å². The van der Waals surface area contributed by atoms with E-state index in [1.54, 1.807) is 6.07 Å². The summed E-state index contributed by atoms with van der Waals surface area (Å²) in [7, 11) is 0. The summed E-state index contributed by atoms with van der Waals surface area (Å²) in [4.78, 5) is 48.6. The average Bonchev–Trinajstić information content (AvgIpc) is 3.52. The summed E-state index contributed by atoms with van der Waals surface area (Å²) in [6.07, 6.45) is 2.92. The number of benzene rings is 3. The summed E-state index contributed by atoms with van der Waals surface area (Å²) in [6, 6.07) is 15.3. The highest BCUT2D eigenvalue weighted by Crippen LogP contribution is 2.38. The van der Waals surface area contributed by atoms with E-state index < -0.39 is 35.7 Å². The van der Waals surface area contributed by atoms with Gasteiger partial charge in [0.2, 0.25) is 6.10 Å². The number of nitrogens with one attached hydrogen (secondary N) is 1. The molecule has 0 aliphatic carbocycles. The number of oxime groups is 1. The van der Waals surface area contributed by atoms with Crippen LogP contribution in [-0.2, 0) is 20.8 Å². The van der Waals surface area contributed by atoms with E-state index in [1.807, 2.05) is 12.1 Å². The molecular formula is C32H30ClFN4O5. The number of amides is 2. The Kier molecular flexibility index (Phi) is 8.03. The van der Waals surface area contributed by atoms with Gasteiger partial charge in [-0.1, -0.05) is 35.0 Å². The SMILES string of the molecule is O=C(O)c1ccc(NC(=O)[C@H]2c3cccc(N4CCCCC4)c3CCN2C(=O)C2CC(c3cccc(Cl)c3F)=NO2)cc1. The van der Waals surface area contributed by atoms with Gasteiger partial charge in [0.05, 0.1) is 16.3 Å². The van der Waals surface area contributed by atoms with Crippen LogP contribution in [-0.4, -0.2) is 59.2 Å². The Morgan fingerprint density at radius 3 is 2.47 bits per heavy atom. The Hall–Kier alpha value is -4.44. The van der Waals surface area contributed by atoms with E-state index in [4.69, 9.17) is 16.4 Å². The van der Waals surface area contributed by atoms with E-state index in [-0.39, 0.29) is 34.8 Å². The van der Waals surface area contributed by atoms with Crippen LogP contribution >= 0.6 is 11.6 Å². The van der Waals surface area contributed by atoms with Crippen molar-refractivity contribution >= 4 is 46.5 Å². The fraction of sp³-hybridized carbons (Fsp3) is 0.312. The largest absolute Gasteiger partial charge is 0.478 e. The van der Waals surface area contributed by atoms with Gasteiger partial charge in [-0.2, -0.15) is 0 Å². The molecule has 1 fully saturated rings. The first kappa shape index (κ1) is 28.7. The van der Waals surface area contributed by atoms with Gasteiger partial charge in [-0.15, -0.1) is 0 Å². The van der Waals surface area contributed by atoms with Gasteiger partial charge in [-0.3, -0.25) is 9.59 Å². The van der Waals surface area contributed by atoms with Gasteiger partial charge in [-0.25, -0.2) is 9.18 Å². The summed E-state index contributed by atoms with van der Waals surface area (Å²) < 4.78 is 14.7. The van der Waals surface area contributed by atoms with Crippen LogP contribution in [0.2, 0.25) is 5.02 Å². The summed E-state index contributed by atoms with van der Waals surface area (Å²) in [5, 5.41) is 16.1. The zero-order valence-electron chi connectivity index (χ0n) is 23.3. The number of carbonyl (C=O) groups is 3. The molecular weight excluding hydrogens is 575 g/mol. The van der Waals surface area contributed by atoms with E-state index >= 15 is 0 Å². The lowest BCUT2D eigenvalue weighted by Gasteiger charge is -2.40. The predicted molar refractivity (Wildman–Crippen MR) is 160 cm³/mol. The second-order valence-electron chi connectivity index (χ2n) is 10.9. The first-order valence-corrected chi connectivity index (χ1v) is 14.7. The topological polar surface area (TPSA) is 112 Å². The fourth-order valence-electron chi connectivity index (χ4n) is 6.09. The van der Waals surface area contributed by atoms with Crippen molar-refractivity contribution in [3.05, 3.63) is 93.8 Å². The lowest BCUT2D eigenvalue weighted by atomic mass is 9.89. The highest BCUT2D eigenvalue weighted by atomic mass is 35.5. The third-order valence-electron chi connectivity index (χ3n) is 8.23. The van der Waals surface area contributed by atoms with Crippen molar-refractivity contribution in [1.29, 1.82) is 0 Å². The minimum absolute atomic E-state index is 0.0261. The summed E-state index contributed by atoms with van der Waals surface area (Å²) in [5.74, 6) is -2.58. The second kappa shape index (κ2) is 12.0. The lowest BCUT2D eigenvalue weighted by Crippen LogP contribution is -2.49. The number of aromatic carboxylic acids is 1. The van der Waals surface area contributed by atoms with Crippen molar-refractivity contribution in [1.82, 2.24) is 4.90 Å². The third kappa shape index (κ3) is 5.67. The van der Waals surface area contributed by atoms with Crippen LogP contribution in [0.5, 0.6) is 0 Å². The molecule has 3 aliphatic heterocycles. The number of halogens is 2. The van der Waals surface area contributed by atoms with Gasteiger partial charge in [0, 0.05) is 43.0 Å². The maximum atomic E-state index is 14.7. The Bertz CT molecular complexity index is 1610. The molecule has 3 aliphatic rings. The van der Waals surface area contributed by atoms with Crippen molar-refractivity contribution in [2.45, 2.75) is 44.2 Å². The molecule has 3 aromatic carbocycles. The number of nitrogens with zero attached hydrogens (tertiary/aromatic N) is 3. The number of hydrogen-bond donors (Lipinski definition) is 2. The number of hydrogen-bond acceptors (Lipinski definition) is 6. The van der Waals surface area contributed by atoms with Gasteiger partial charge >= 0.3 is 5.97 Å². The molecule has 0 radical (unpaired) electrons. The van der Waals surface area contributed by atoms with Crippen molar-refractivity contribution in [2.24, 2.45) is 5.16 Å². The molecule has 0 spiro atoms. The maximum absolute atomic E-state index is 14.7. The molecule has 0 aromatic heterocycles. The van der Waals surface area contributed by atoms with Gasteiger partial charge in [0.1, 0.15) is 6.04 Å². The number of carboxylic acid groups (broad SMARTS) is 1. The fourth-order valence-corrected chi connectivity index (χ4v) is 6.26. The van der Waals surface area contributed by atoms with Crippen molar-refractivity contribution in [2.75, 3.05) is 29.9 Å². The molecule has 222 valence electrons. The van der Waals surface area contributed by atoms with Gasteiger partial charge < -0.3 is 25.1 Å². The standard InChI is InChI=1S/C32H30ClFN4O5/c33-24-8-4-7-23(28(24)34)25-18-27(43-36-25)31(40)38-17-14-21-22(6-5-9-26(21)37-15-2-1-3-16-37)29(38)30(39)35-20-12-10-19(11-13-20)32(41)42/h4-13,27,29H,1-3,14-18H2,(H,35,39)(H,41,42)/t27?,29-/m1/s1. The van der Waals surface area contributed by atoms with E-state index in [0.29, 0.717) is 12.1 Å². The van der Waals surface area contributed by atoms with E-state index in [0.717, 1.165) is 42.7 Å². The number of rotatable bonds is 6. The maximum Gasteiger partial charge on any atom is 0.335 e. The van der Waals surface area contributed by atoms with Crippen LogP contribution in [0.4, 0.5) is 15.8 Å². The van der Waals surface area contributed by atoms with Crippen LogP contribution in [0, 0.1) is 5.82 Å². The molecule has 2 N–H and O–H groups in total. The second-order valence-corrected chi connectivity index (χ2v) is 11.3. The van der Waals surface area contributed by atoms with Crippen LogP contribution in [0.15, 0.2) is 65.8 Å². The van der Waals surface area contributed by atoms with Crippen LogP contribution < -0.4 is 10.2 Å². The van der Waals surface area contributed by atoms with Crippen molar-refractivity contribution in [3.8, 4) is 0 Å². The quantitative estimate of drug-likeness (QED) is 0.388. The number of fused-ring (bicyclic) bond motifs is 1. The van der Waals surface area contributed by atoms with E-state index in [2.05, 4.69) is 21.4 Å². The number of carboxylic acids is 1. The van der Waals surface area contributed by atoms with Crippen molar-refractivity contribution < 1.29 is 28.7 Å². The smallest absolute Gasteiger partial charge is 0.335 e. The number of piperidine rings is 1. The summed E-state index contributed by atoms with van der Waals surface area (Å²) in [6.45, 7) is 2.14. The van der Waals surface area contributed by atoms with Gasteiger partial charge in [0.15, 0.2) is 5.82 Å². The molecule has 0 saturated carbocycles. The monoisotopic (exact) mass is 604 g/mol. The van der Waals surface area contributed by atoms with Crippen LogP contribution in [0.25, 0.3) is 0 Å². The molecule has 2 amide bonds. The third-order valence-corrected chi connectivity index (χ3v) is 8.52. The van der Waals surface area contributed by atoms with Gasteiger partial charge in [0.25, 0.3) is 11.8 Å². The normalized spacial score (nSPS) is 19.7. The van der Waals surface area contributed by atoms with E-state index in [9.17, 15) is 23.9 Å². The van der Waals surface area contributed by atoms with Crippen LogP contribution in [0.3, 0.4) is 0 Å². The summed E-state index contributed by atoms with van der Waals surface area (Å²) >= 11 is 5.95. The molecule has 9 nitrogen and oxygen atoms in total. The first-order valence-electron chi connectivity index (χ1n) is 14.3. The Morgan fingerprint density at radius 1 is 0.977 bits per heavy atom. The predicted octanol–water partition coefficient (Wildman–Crippen LogP) is 5.43. The molecule has 2 atom stereocenters. The number of anilines is 2. The molecule has 1 saturated heterocycles. The molecule has 3 aromatic rings. The molecule has 11 heteroatoms. The molecule has 0 bridgehead atoms. The first-order chi connectivity index (χ1) is 20.8. The minimum atomic E-state index is -1.07. The Labute approximate surface area is 252 Å². The van der Waals surface area contributed by atoms with E-state index in [1.165, 1.54) is 47.7 Å². The zero-order chi connectivity index (χ0) is 30.1. The lowest BCUT2D eigenvalue weighted by molar-refractivity contribution is -0.148. The highest BCUT2D eigenvalue weighted by molar-refractivity contribution is 6.31. The Morgan fingerprint density at radius 2 is 1.72 bits per heavy atom. The minimum Gasteiger partial charge on any atom is -0.478 e. The molecule has 6 rings (SSSR count). The highest BCUT2D eigenvalue weighted by Gasteiger charge is 2.42. The molecule has 3 heterocycles. The Balaban J connectivity index is 1.30. The zero-order valence-corrected chi connectivity index (χ0v) is 24.0. The molecule has 1 unspecified atom stereocenters. The average molecular weight is 605 g/mol.